The molecule has 0 atom stereocenters. The van der Waals surface area contributed by atoms with E-state index in [0.717, 1.165) is 5.56 Å². The first kappa shape index (κ1) is 13.4. The van der Waals surface area contributed by atoms with Gasteiger partial charge in [-0.05, 0) is 29.8 Å². The Morgan fingerprint density at radius 1 is 1.32 bits per heavy atom. The maximum absolute atomic E-state index is 12.3. The predicted molar refractivity (Wildman–Crippen MR) is 75.9 cm³/mol. The van der Waals surface area contributed by atoms with Gasteiger partial charge in [0.05, 0.1) is 10.6 Å². The molecule has 2 aromatic rings. The van der Waals surface area contributed by atoms with Crippen molar-refractivity contribution >= 4 is 23.2 Å². The van der Waals surface area contributed by atoms with Gasteiger partial charge in [0.15, 0.2) is 0 Å². The molecule has 0 aliphatic carbocycles. The van der Waals surface area contributed by atoms with Crippen molar-refractivity contribution in [3.63, 3.8) is 0 Å². The molecule has 98 valence electrons. The van der Waals surface area contributed by atoms with Gasteiger partial charge in [-0.1, -0.05) is 17.7 Å². The van der Waals surface area contributed by atoms with Crippen molar-refractivity contribution < 1.29 is 4.79 Å². The summed E-state index contributed by atoms with van der Waals surface area (Å²) in [5.74, 6) is -0.195. The number of pyridine rings is 1. The molecule has 0 aliphatic heterocycles. The number of hydrogen-bond donors (Lipinski definition) is 1. The van der Waals surface area contributed by atoms with Gasteiger partial charge in [0.2, 0.25) is 0 Å². The first-order valence-corrected chi connectivity index (χ1v) is 6.15. The van der Waals surface area contributed by atoms with E-state index in [1.165, 1.54) is 0 Å². The van der Waals surface area contributed by atoms with Crippen molar-refractivity contribution in [3.05, 3.63) is 58.9 Å². The molecule has 1 aromatic carbocycles. The van der Waals surface area contributed by atoms with Crippen LogP contribution >= 0.6 is 11.6 Å². The van der Waals surface area contributed by atoms with E-state index in [1.54, 1.807) is 42.5 Å². The van der Waals surface area contributed by atoms with Crippen molar-refractivity contribution in [2.75, 3.05) is 12.8 Å². The lowest BCUT2D eigenvalue weighted by Gasteiger charge is -2.19. The van der Waals surface area contributed by atoms with Gasteiger partial charge in [0, 0.05) is 31.7 Å². The summed E-state index contributed by atoms with van der Waals surface area (Å²) >= 11 is 6.03. The molecule has 0 saturated carbocycles. The Labute approximate surface area is 116 Å². The van der Waals surface area contributed by atoms with Crippen LogP contribution in [-0.2, 0) is 6.54 Å². The molecule has 4 nitrogen and oxygen atoms in total. The molecule has 0 saturated heterocycles. The van der Waals surface area contributed by atoms with Gasteiger partial charge in [-0.2, -0.15) is 0 Å². The van der Waals surface area contributed by atoms with Gasteiger partial charge in [0.1, 0.15) is 0 Å². The molecular weight excluding hydrogens is 262 g/mol. The molecule has 2 rings (SSSR count). The number of nitrogens with zero attached hydrogens (tertiary/aromatic N) is 2. The third-order valence-electron chi connectivity index (χ3n) is 2.78. The second-order valence-corrected chi connectivity index (χ2v) is 4.63. The summed E-state index contributed by atoms with van der Waals surface area (Å²) in [6.07, 6.45) is 3.38. The molecule has 0 spiro atoms. The number of carbonyl (C=O) groups is 1. The summed E-state index contributed by atoms with van der Waals surface area (Å²) in [6.45, 7) is 0.478. The van der Waals surface area contributed by atoms with Gasteiger partial charge in [-0.15, -0.1) is 0 Å². The van der Waals surface area contributed by atoms with Gasteiger partial charge in [-0.3, -0.25) is 9.78 Å². The van der Waals surface area contributed by atoms with Gasteiger partial charge >= 0.3 is 0 Å². The van der Waals surface area contributed by atoms with E-state index in [0.29, 0.717) is 22.8 Å². The molecule has 0 bridgehead atoms. The highest BCUT2D eigenvalue weighted by molar-refractivity contribution is 6.34. The first-order chi connectivity index (χ1) is 9.09. The molecule has 0 aliphatic rings. The van der Waals surface area contributed by atoms with Crippen LogP contribution in [0.5, 0.6) is 0 Å². The standard InChI is InChI=1S/C14H14ClN3O/c1-18(9-10-5-7-17-8-6-10)14(19)13-11(15)3-2-4-12(13)16/h2-8H,9,16H2,1H3. The zero-order valence-electron chi connectivity index (χ0n) is 10.5. The predicted octanol–water partition coefficient (Wildman–Crippen LogP) is 2.59. The van der Waals surface area contributed by atoms with Gasteiger partial charge in [-0.25, -0.2) is 0 Å². The minimum Gasteiger partial charge on any atom is -0.398 e. The lowest BCUT2D eigenvalue weighted by molar-refractivity contribution is 0.0786. The average Bonchev–Trinajstić information content (AvgIpc) is 2.39. The number of nitrogen functional groups attached to an aromatic ring is 1. The van der Waals surface area contributed by atoms with Crippen LogP contribution in [-0.4, -0.2) is 22.8 Å². The fourth-order valence-corrected chi connectivity index (χ4v) is 2.05. The summed E-state index contributed by atoms with van der Waals surface area (Å²) in [4.78, 5) is 17.9. The van der Waals surface area contributed by atoms with E-state index < -0.39 is 0 Å². The maximum Gasteiger partial charge on any atom is 0.257 e. The highest BCUT2D eigenvalue weighted by Crippen LogP contribution is 2.23. The monoisotopic (exact) mass is 275 g/mol. The zero-order valence-corrected chi connectivity index (χ0v) is 11.3. The highest BCUT2D eigenvalue weighted by atomic mass is 35.5. The van der Waals surface area contributed by atoms with Crippen LogP contribution in [0, 0.1) is 0 Å². The first-order valence-electron chi connectivity index (χ1n) is 5.78. The fourth-order valence-electron chi connectivity index (χ4n) is 1.79. The van der Waals surface area contributed by atoms with Crippen molar-refractivity contribution in [3.8, 4) is 0 Å². The van der Waals surface area contributed by atoms with Gasteiger partial charge in [0.25, 0.3) is 5.91 Å². The van der Waals surface area contributed by atoms with Crippen molar-refractivity contribution in [1.29, 1.82) is 0 Å². The van der Waals surface area contributed by atoms with Gasteiger partial charge < -0.3 is 10.6 Å². The molecule has 0 unspecified atom stereocenters. The fraction of sp³-hybridized carbons (Fsp3) is 0.143. The molecule has 0 radical (unpaired) electrons. The van der Waals surface area contributed by atoms with Crippen LogP contribution in [0.25, 0.3) is 0 Å². The van der Waals surface area contributed by atoms with Crippen molar-refractivity contribution in [2.45, 2.75) is 6.54 Å². The van der Waals surface area contributed by atoms with E-state index in [1.807, 2.05) is 12.1 Å². The topological polar surface area (TPSA) is 59.2 Å². The number of aromatic nitrogens is 1. The van der Waals surface area contributed by atoms with E-state index in [9.17, 15) is 4.79 Å². The number of rotatable bonds is 3. The third kappa shape index (κ3) is 3.03. The molecular formula is C14H14ClN3O. The van der Waals surface area contributed by atoms with E-state index in [4.69, 9.17) is 17.3 Å². The molecule has 1 heterocycles. The van der Waals surface area contributed by atoms with E-state index >= 15 is 0 Å². The summed E-state index contributed by atoms with van der Waals surface area (Å²) < 4.78 is 0. The summed E-state index contributed by atoms with van der Waals surface area (Å²) in [6, 6.07) is 8.77. The smallest absolute Gasteiger partial charge is 0.257 e. The second-order valence-electron chi connectivity index (χ2n) is 4.22. The minimum absolute atomic E-state index is 0.195. The maximum atomic E-state index is 12.3. The van der Waals surface area contributed by atoms with Crippen molar-refractivity contribution in [2.24, 2.45) is 0 Å². The average molecular weight is 276 g/mol. The molecule has 1 aromatic heterocycles. The summed E-state index contributed by atoms with van der Waals surface area (Å²) in [7, 11) is 1.71. The number of anilines is 1. The van der Waals surface area contributed by atoms with Crippen molar-refractivity contribution in [1.82, 2.24) is 9.88 Å². The Morgan fingerprint density at radius 2 is 2.00 bits per heavy atom. The Kier molecular flexibility index (Phi) is 4.02. The molecule has 0 fully saturated rings. The Bertz CT molecular complexity index is 566. The molecule has 5 heteroatoms. The van der Waals surface area contributed by atoms with E-state index in [2.05, 4.69) is 4.98 Å². The Balaban J connectivity index is 2.20. The van der Waals surface area contributed by atoms with Crippen LogP contribution in [0.1, 0.15) is 15.9 Å². The number of nitrogens with two attached hydrogens (primary N) is 1. The lowest BCUT2D eigenvalue weighted by atomic mass is 10.1. The van der Waals surface area contributed by atoms with E-state index in [-0.39, 0.29) is 5.91 Å². The Morgan fingerprint density at radius 3 is 2.63 bits per heavy atom. The van der Waals surface area contributed by atoms with Crippen LogP contribution in [0.15, 0.2) is 42.7 Å². The quantitative estimate of drug-likeness (QED) is 0.876. The molecule has 1 amide bonds. The molecule has 19 heavy (non-hydrogen) atoms. The largest absolute Gasteiger partial charge is 0.398 e. The van der Waals surface area contributed by atoms with Crippen LogP contribution < -0.4 is 5.73 Å². The Hall–Kier alpha value is -2.07. The van der Waals surface area contributed by atoms with Crippen LogP contribution in [0.3, 0.4) is 0 Å². The molecule has 2 N–H and O–H groups in total. The minimum atomic E-state index is -0.195. The van der Waals surface area contributed by atoms with Crippen LogP contribution in [0.2, 0.25) is 5.02 Å². The summed E-state index contributed by atoms with van der Waals surface area (Å²) in [5.41, 5.74) is 7.54. The second kappa shape index (κ2) is 5.71. The van der Waals surface area contributed by atoms with Crippen LogP contribution in [0.4, 0.5) is 5.69 Å². The third-order valence-corrected chi connectivity index (χ3v) is 3.09. The highest BCUT2D eigenvalue weighted by Gasteiger charge is 2.18. The number of carbonyl (C=O) groups excluding carboxylic acids is 1. The normalized spacial score (nSPS) is 10.2. The SMILES string of the molecule is CN(Cc1ccncc1)C(=O)c1c(N)cccc1Cl. The zero-order chi connectivity index (χ0) is 13.8. The summed E-state index contributed by atoms with van der Waals surface area (Å²) in [5, 5.41) is 0.367. The number of hydrogen-bond acceptors (Lipinski definition) is 3. The number of halogens is 1. The number of amides is 1. The number of benzene rings is 1. The lowest BCUT2D eigenvalue weighted by Crippen LogP contribution is -2.27.